The quantitative estimate of drug-likeness (QED) is 0.0222. The Labute approximate surface area is 613 Å². The van der Waals surface area contributed by atoms with Crippen LogP contribution in [0, 0.1) is 23.7 Å². The molecule has 0 fully saturated rings. The van der Waals surface area contributed by atoms with Crippen LogP contribution in [0.1, 0.15) is 415 Å². The lowest BCUT2D eigenvalue weighted by molar-refractivity contribution is -0.161. The van der Waals surface area contributed by atoms with Crippen molar-refractivity contribution in [2.24, 2.45) is 23.7 Å². The molecule has 0 saturated carbocycles. The summed E-state index contributed by atoms with van der Waals surface area (Å²) in [5.41, 5.74) is 0. The van der Waals surface area contributed by atoms with Crippen molar-refractivity contribution in [1.82, 2.24) is 0 Å². The van der Waals surface area contributed by atoms with Gasteiger partial charge in [0.15, 0.2) is 12.2 Å². The minimum atomic E-state index is -4.96. The zero-order chi connectivity index (χ0) is 73.8. The molecule has 0 spiro atoms. The van der Waals surface area contributed by atoms with Crippen LogP contribution in [-0.4, -0.2) is 96.7 Å². The van der Waals surface area contributed by atoms with Gasteiger partial charge in [-0.25, -0.2) is 9.13 Å². The maximum absolute atomic E-state index is 13.1. The first-order valence-corrected chi connectivity index (χ1v) is 44.8. The molecule has 0 aromatic heterocycles. The van der Waals surface area contributed by atoms with E-state index in [1.807, 2.05) is 0 Å². The molecule has 0 aromatic rings. The molecule has 0 rings (SSSR count). The van der Waals surface area contributed by atoms with E-state index in [4.69, 9.17) is 37.0 Å². The van der Waals surface area contributed by atoms with Crippen LogP contribution in [0.3, 0.4) is 0 Å². The maximum Gasteiger partial charge on any atom is 0.472 e. The lowest BCUT2D eigenvalue weighted by Gasteiger charge is -2.21. The number of carbonyl (C=O) groups excluding carboxylic acids is 4. The van der Waals surface area contributed by atoms with Crippen molar-refractivity contribution in [2.75, 3.05) is 39.6 Å². The van der Waals surface area contributed by atoms with Gasteiger partial charge in [0.2, 0.25) is 0 Å². The standard InChI is InChI=1S/C81H158O17P2/c1-9-73(7)59-51-43-34-28-22-18-15-16-20-24-32-38-48-56-64-81(86)98-77(68-92-79(84)62-54-46-40-39-42-50-58-72(5)6)70-96-100(89,90)94-66-75(82)65-93-99(87,88)95-69-76(67-91-78(83)61-53-45-36-30-26-25-29-35-44-52-60-74(8)10-2)97-80(85)63-55-47-37-31-23-19-14-12-11-13-17-21-27-33-41-49-57-71(3)4/h71-77,82H,9-70H2,1-8H3,(H,87,88)(H,89,90)/t73?,74?,75-,76-,77-/m1/s1. The van der Waals surface area contributed by atoms with Gasteiger partial charge in [-0.1, -0.05) is 364 Å². The molecule has 7 atom stereocenters. The summed E-state index contributed by atoms with van der Waals surface area (Å²) in [4.78, 5) is 73.0. The van der Waals surface area contributed by atoms with Crippen LogP contribution < -0.4 is 0 Å². The molecule has 0 bridgehead atoms. The van der Waals surface area contributed by atoms with Gasteiger partial charge in [-0.15, -0.1) is 0 Å². The van der Waals surface area contributed by atoms with Crippen molar-refractivity contribution in [3.05, 3.63) is 0 Å². The van der Waals surface area contributed by atoms with Gasteiger partial charge in [0.25, 0.3) is 0 Å². The fraction of sp³-hybridized carbons (Fsp3) is 0.951. The largest absolute Gasteiger partial charge is 0.472 e. The van der Waals surface area contributed by atoms with Gasteiger partial charge in [0.1, 0.15) is 19.3 Å². The van der Waals surface area contributed by atoms with E-state index in [0.29, 0.717) is 31.6 Å². The number of unbranched alkanes of at least 4 members (excludes halogenated alkanes) is 42. The average Bonchev–Trinajstić information content (AvgIpc) is 0.935. The highest BCUT2D eigenvalue weighted by molar-refractivity contribution is 7.47. The molecule has 0 aliphatic carbocycles. The van der Waals surface area contributed by atoms with E-state index < -0.39 is 97.5 Å². The van der Waals surface area contributed by atoms with E-state index >= 15 is 0 Å². The topological polar surface area (TPSA) is 237 Å². The second-order valence-electron chi connectivity index (χ2n) is 30.6. The van der Waals surface area contributed by atoms with Crippen molar-refractivity contribution >= 4 is 39.5 Å². The Hall–Kier alpha value is -1.94. The predicted octanol–water partition coefficient (Wildman–Crippen LogP) is 24.0. The van der Waals surface area contributed by atoms with Gasteiger partial charge in [-0.2, -0.15) is 0 Å². The molecule has 3 N–H and O–H groups in total. The van der Waals surface area contributed by atoms with Gasteiger partial charge in [-0.05, 0) is 49.4 Å². The molecule has 0 aromatic carbocycles. The van der Waals surface area contributed by atoms with Crippen LogP contribution in [0.15, 0.2) is 0 Å². The number of phosphoric ester groups is 2. The van der Waals surface area contributed by atoms with Gasteiger partial charge in [0.05, 0.1) is 26.4 Å². The number of rotatable bonds is 78. The third kappa shape index (κ3) is 71.7. The van der Waals surface area contributed by atoms with Gasteiger partial charge in [0, 0.05) is 25.7 Å². The molecule has 0 amide bonds. The van der Waals surface area contributed by atoms with Crippen LogP contribution in [0.5, 0.6) is 0 Å². The summed E-state index contributed by atoms with van der Waals surface area (Å²) in [6.07, 6.45) is 56.9. The van der Waals surface area contributed by atoms with Crippen molar-refractivity contribution < 1.29 is 80.2 Å². The Balaban J connectivity index is 5.22. The maximum atomic E-state index is 13.1. The summed E-state index contributed by atoms with van der Waals surface area (Å²) in [6, 6.07) is 0. The van der Waals surface area contributed by atoms with Gasteiger partial charge >= 0.3 is 39.5 Å². The van der Waals surface area contributed by atoms with E-state index in [-0.39, 0.29) is 25.7 Å². The summed E-state index contributed by atoms with van der Waals surface area (Å²) in [6.45, 7) is 14.3. The number of hydrogen-bond acceptors (Lipinski definition) is 15. The first kappa shape index (κ1) is 98.1. The number of hydrogen-bond donors (Lipinski definition) is 3. The van der Waals surface area contributed by atoms with Crippen LogP contribution >= 0.6 is 15.6 Å². The summed E-state index contributed by atoms with van der Waals surface area (Å²) in [5.74, 6) is 1.03. The van der Waals surface area contributed by atoms with E-state index in [1.165, 1.54) is 212 Å². The van der Waals surface area contributed by atoms with Gasteiger partial charge < -0.3 is 33.8 Å². The third-order valence-electron chi connectivity index (χ3n) is 19.5. The van der Waals surface area contributed by atoms with Crippen LogP contribution in [0.2, 0.25) is 0 Å². The first-order valence-electron chi connectivity index (χ1n) is 41.8. The molecule has 0 saturated heterocycles. The summed E-state index contributed by atoms with van der Waals surface area (Å²) >= 11 is 0. The second kappa shape index (κ2) is 70.1. The van der Waals surface area contributed by atoms with Crippen molar-refractivity contribution in [3.8, 4) is 0 Å². The Morgan fingerprint density at radius 2 is 0.480 bits per heavy atom. The number of aliphatic hydroxyl groups excluding tert-OH is 1. The molecule has 594 valence electrons. The molecular formula is C81H158O17P2. The SMILES string of the molecule is CCC(C)CCCCCCCCCCCCCCCCC(=O)O[C@H](COC(=O)CCCCCCCCC(C)C)COP(=O)(O)OC[C@H](O)COP(=O)(O)OC[C@@H](COC(=O)CCCCCCCCCCCCC(C)CC)OC(=O)CCCCCCCCCCCCCCCCCCC(C)C. The molecule has 0 heterocycles. The molecule has 0 radical (unpaired) electrons. The number of esters is 4. The van der Waals surface area contributed by atoms with E-state index in [2.05, 4.69) is 55.4 Å². The number of aliphatic hydroxyl groups is 1. The zero-order valence-electron chi connectivity index (χ0n) is 65.8. The Morgan fingerprint density at radius 1 is 0.280 bits per heavy atom. The highest BCUT2D eigenvalue weighted by atomic mass is 31.2. The third-order valence-corrected chi connectivity index (χ3v) is 21.4. The van der Waals surface area contributed by atoms with Crippen molar-refractivity contribution in [2.45, 2.75) is 433 Å². The molecule has 19 heteroatoms. The lowest BCUT2D eigenvalue weighted by Crippen LogP contribution is -2.30. The first-order chi connectivity index (χ1) is 48.2. The van der Waals surface area contributed by atoms with Crippen molar-refractivity contribution in [3.63, 3.8) is 0 Å². The minimum absolute atomic E-state index is 0.106. The van der Waals surface area contributed by atoms with Crippen LogP contribution in [0.4, 0.5) is 0 Å². The molecule has 100 heavy (non-hydrogen) atoms. The molecule has 0 aliphatic heterocycles. The van der Waals surface area contributed by atoms with E-state index in [9.17, 15) is 43.2 Å². The predicted molar refractivity (Wildman–Crippen MR) is 409 cm³/mol. The highest BCUT2D eigenvalue weighted by Crippen LogP contribution is 2.45. The fourth-order valence-electron chi connectivity index (χ4n) is 12.4. The van der Waals surface area contributed by atoms with E-state index in [0.717, 1.165) is 114 Å². The van der Waals surface area contributed by atoms with Crippen molar-refractivity contribution in [1.29, 1.82) is 0 Å². The number of ether oxygens (including phenoxy) is 4. The monoisotopic (exact) mass is 1470 g/mol. The second-order valence-corrected chi connectivity index (χ2v) is 33.5. The molecule has 0 aliphatic rings. The van der Waals surface area contributed by atoms with Crippen LogP contribution in [0.25, 0.3) is 0 Å². The average molecular weight is 1470 g/mol. The summed E-state index contributed by atoms with van der Waals surface area (Å²) in [7, 11) is -9.92. The fourth-order valence-corrected chi connectivity index (χ4v) is 13.9. The zero-order valence-corrected chi connectivity index (χ0v) is 67.6. The minimum Gasteiger partial charge on any atom is -0.462 e. The molecule has 4 unspecified atom stereocenters. The Morgan fingerprint density at radius 3 is 0.710 bits per heavy atom. The Bertz CT molecular complexity index is 1960. The number of carbonyl (C=O) groups is 4. The van der Waals surface area contributed by atoms with Crippen LogP contribution in [-0.2, 0) is 65.4 Å². The molecular weight excluding hydrogens is 1310 g/mol. The normalized spacial score (nSPS) is 14.6. The van der Waals surface area contributed by atoms with E-state index in [1.54, 1.807) is 0 Å². The molecule has 17 nitrogen and oxygen atoms in total. The summed E-state index contributed by atoms with van der Waals surface area (Å²) in [5, 5.41) is 10.6. The highest BCUT2D eigenvalue weighted by Gasteiger charge is 2.30. The smallest absolute Gasteiger partial charge is 0.462 e. The number of phosphoric acid groups is 2. The Kier molecular flexibility index (Phi) is 68.7. The summed E-state index contributed by atoms with van der Waals surface area (Å²) < 4.78 is 68.7. The van der Waals surface area contributed by atoms with Gasteiger partial charge in [-0.3, -0.25) is 37.3 Å². The lowest BCUT2D eigenvalue weighted by atomic mass is 9.99.